The third-order valence-corrected chi connectivity index (χ3v) is 3.05. The van der Waals surface area contributed by atoms with Gasteiger partial charge >= 0.3 is 0 Å². The summed E-state index contributed by atoms with van der Waals surface area (Å²) in [4.78, 5) is 8.57. The van der Waals surface area contributed by atoms with E-state index in [1.54, 1.807) is 17.8 Å². The Balaban J connectivity index is 2.20. The fraction of sp³-hybridized carbons (Fsp3) is 0.231. The molecule has 0 spiro atoms. The van der Waals surface area contributed by atoms with Crippen LogP contribution in [0.3, 0.4) is 0 Å². The van der Waals surface area contributed by atoms with Crippen molar-refractivity contribution < 1.29 is 0 Å². The van der Waals surface area contributed by atoms with E-state index in [-0.39, 0.29) is 0 Å². The van der Waals surface area contributed by atoms with Crippen molar-refractivity contribution in [2.75, 3.05) is 16.8 Å². The fourth-order valence-electron chi connectivity index (χ4n) is 1.49. The van der Waals surface area contributed by atoms with Gasteiger partial charge in [-0.1, -0.05) is 36.4 Å². The second-order valence-electron chi connectivity index (χ2n) is 3.88. The average Bonchev–Trinajstić information content (AvgIpc) is 2.32. The number of benzene rings is 1. The van der Waals surface area contributed by atoms with Crippen molar-refractivity contribution in [1.29, 1.82) is 0 Å². The number of nitrogens with one attached hydrogen (secondary N) is 1. The van der Waals surface area contributed by atoms with Gasteiger partial charge in [0, 0.05) is 11.8 Å². The van der Waals surface area contributed by atoms with Crippen molar-refractivity contribution in [2.45, 2.75) is 19.0 Å². The maximum absolute atomic E-state index is 5.76. The normalized spacial score (nSPS) is 10.3. The van der Waals surface area contributed by atoms with Gasteiger partial charge in [-0.3, -0.25) is 0 Å². The minimum atomic E-state index is 0.482. The molecule has 0 saturated heterocycles. The molecule has 2 aromatic rings. The minimum Gasteiger partial charge on any atom is -0.383 e. The van der Waals surface area contributed by atoms with Crippen LogP contribution in [0.15, 0.2) is 35.5 Å². The lowest BCUT2D eigenvalue weighted by Gasteiger charge is -2.08. The highest BCUT2D eigenvalue weighted by Crippen LogP contribution is 2.20. The number of nitrogen functional groups attached to an aromatic ring is 1. The number of anilines is 3. The molecule has 1 aromatic carbocycles. The Bertz CT molecular complexity index is 525. The van der Waals surface area contributed by atoms with Crippen LogP contribution in [0, 0.1) is 6.92 Å². The van der Waals surface area contributed by atoms with Crippen molar-refractivity contribution >= 4 is 29.1 Å². The van der Waals surface area contributed by atoms with Gasteiger partial charge in [0.2, 0.25) is 0 Å². The van der Waals surface area contributed by atoms with Gasteiger partial charge in [0.1, 0.15) is 11.6 Å². The summed E-state index contributed by atoms with van der Waals surface area (Å²) >= 11 is 1.57. The molecule has 0 saturated carbocycles. The van der Waals surface area contributed by atoms with Crippen LogP contribution in [0.5, 0.6) is 0 Å². The molecule has 0 bridgehead atoms. The zero-order chi connectivity index (χ0) is 13.0. The van der Waals surface area contributed by atoms with Gasteiger partial charge < -0.3 is 11.1 Å². The van der Waals surface area contributed by atoms with Crippen LogP contribution in [0.4, 0.5) is 17.3 Å². The van der Waals surface area contributed by atoms with E-state index in [9.17, 15) is 0 Å². The van der Waals surface area contributed by atoms with E-state index in [1.807, 2.05) is 12.1 Å². The molecule has 0 amide bonds. The summed E-state index contributed by atoms with van der Waals surface area (Å²) < 4.78 is 0. The molecule has 1 heterocycles. The Kier molecular flexibility index (Phi) is 4.04. The highest BCUT2D eigenvalue weighted by Gasteiger charge is 2.03. The van der Waals surface area contributed by atoms with E-state index in [4.69, 9.17) is 5.73 Å². The third-order valence-electron chi connectivity index (χ3n) is 2.32. The van der Waals surface area contributed by atoms with E-state index in [1.165, 1.54) is 5.56 Å². The lowest BCUT2D eigenvalue weighted by molar-refractivity contribution is 0.981. The monoisotopic (exact) mass is 260 g/mol. The average molecular weight is 260 g/mol. The van der Waals surface area contributed by atoms with Crippen molar-refractivity contribution in [1.82, 2.24) is 9.97 Å². The van der Waals surface area contributed by atoms with Crippen LogP contribution >= 0.6 is 11.8 Å². The number of thioether (sulfide) groups is 1. The molecule has 0 aliphatic heterocycles. The zero-order valence-corrected chi connectivity index (χ0v) is 11.3. The number of aryl methyl sites for hydroxylation is 1. The topological polar surface area (TPSA) is 63.8 Å². The molecule has 0 unspecified atom stereocenters. The Morgan fingerprint density at radius 2 is 1.94 bits per heavy atom. The van der Waals surface area contributed by atoms with Gasteiger partial charge in [-0.2, -0.15) is 0 Å². The Morgan fingerprint density at radius 1 is 1.22 bits per heavy atom. The number of hydrogen-bond acceptors (Lipinski definition) is 5. The summed E-state index contributed by atoms with van der Waals surface area (Å²) in [6.45, 7) is 4.12. The number of aromatic nitrogens is 2. The van der Waals surface area contributed by atoms with E-state index in [0.29, 0.717) is 11.0 Å². The zero-order valence-electron chi connectivity index (χ0n) is 10.5. The molecule has 0 radical (unpaired) electrons. The van der Waals surface area contributed by atoms with E-state index in [0.717, 1.165) is 17.3 Å². The highest BCUT2D eigenvalue weighted by atomic mass is 32.2. The number of rotatable bonds is 4. The number of hydrogen-bond donors (Lipinski definition) is 2. The molecule has 0 aliphatic rings. The summed E-state index contributed by atoms with van der Waals surface area (Å²) in [5.74, 6) is 2.13. The summed E-state index contributed by atoms with van der Waals surface area (Å²) in [6, 6.07) is 9.86. The molecule has 3 N–H and O–H groups in total. The number of nitrogens with two attached hydrogens (primary N) is 1. The second kappa shape index (κ2) is 5.73. The second-order valence-corrected chi connectivity index (χ2v) is 5.12. The molecule has 0 aliphatic carbocycles. The lowest BCUT2D eigenvalue weighted by atomic mass is 10.2. The van der Waals surface area contributed by atoms with Gasteiger partial charge in [-0.05, 0) is 24.8 Å². The summed E-state index contributed by atoms with van der Waals surface area (Å²) in [5.41, 5.74) is 7.98. The van der Waals surface area contributed by atoms with Crippen LogP contribution in [0.25, 0.3) is 0 Å². The minimum absolute atomic E-state index is 0.482. The van der Waals surface area contributed by atoms with Crippen LogP contribution in [0.1, 0.15) is 12.5 Å². The molecule has 2 rings (SSSR count). The first kappa shape index (κ1) is 12.7. The standard InChI is InChI=1S/C13H16N4S/c1-3-18-13-16-11(14)8-12(17-13)15-10-6-4-9(2)5-7-10/h4-8H,3H2,1-2H3,(H3,14,15,16,17). The first-order valence-corrected chi connectivity index (χ1v) is 6.77. The quantitative estimate of drug-likeness (QED) is 0.652. The maximum Gasteiger partial charge on any atom is 0.191 e. The van der Waals surface area contributed by atoms with E-state index in [2.05, 4.69) is 41.3 Å². The van der Waals surface area contributed by atoms with Gasteiger partial charge in [0.15, 0.2) is 5.16 Å². The Labute approximate surface area is 111 Å². The van der Waals surface area contributed by atoms with Crippen LogP contribution < -0.4 is 11.1 Å². The van der Waals surface area contributed by atoms with Crippen molar-refractivity contribution in [3.63, 3.8) is 0 Å². The first-order chi connectivity index (χ1) is 8.67. The van der Waals surface area contributed by atoms with Gasteiger partial charge in [0.05, 0.1) is 0 Å². The smallest absolute Gasteiger partial charge is 0.191 e. The molecule has 4 nitrogen and oxygen atoms in total. The molecular formula is C13H16N4S. The highest BCUT2D eigenvalue weighted by molar-refractivity contribution is 7.99. The third kappa shape index (κ3) is 3.37. The summed E-state index contributed by atoms with van der Waals surface area (Å²) in [7, 11) is 0. The maximum atomic E-state index is 5.76. The molecule has 18 heavy (non-hydrogen) atoms. The molecular weight excluding hydrogens is 244 g/mol. The van der Waals surface area contributed by atoms with Crippen molar-refractivity contribution in [2.24, 2.45) is 0 Å². The van der Waals surface area contributed by atoms with Gasteiger partial charge in [0.25, 0.3) is 0 Å². The van der Waals surface area contributed by atoms with Crippen LogP contribution in [0.2, 0.25) is 0 Å². The molecule has 1 aromatic heterocycles. The van der Waals surface area contributed by atoms with E-state index >= 15 is 0 Å². The molecule has 0 atom stereocenters. The Hall–Kier alpha value is -1.75. The summed E-state index contributed by atoms with van der Waals surface area (Å²) in [6.07, 6.45) is 0. The summed E-state index contributed by atoms with van der Waals surface area (Å²) in [5, 5.41) is 3.93. The SMILES string of the molecule is CCSc1nc(N)cc(Nc2ccc(C)cc2)n1. The largest absolute Gasteiger partial charge is 0.383 e. The van der Waals surface area contributed by atoms with Crippen LogP contribution in [-0.4, -0.2) is 15.7 Å². The van der Waals surface area contributed by atoms with Gasteiger partial charge in [-0.25, -0.2) is 9.97 Å². The predicted octanol–water partition coefficient (Wildman–Crippen LogP) is 3.22. The fourth-order valence-corrected chi connectivity index (χ4v) is 2.08. The Morgan fingerprint density at radius 3 is 2.61 bits per heavy atom. The number of nitrogens with zero attached hydrogens (tertiary/aromatic N) is 2. The van der Waals surface area contributed by atoms with Crippen molar-refractivity contribution in [3.05, 3.63) is 35.9 Å². The van der Waals surface area contributed by atoms with Crippen molar-refractivity contribution in [3.8, 4) is 0 Å². The van der Waals surface area contributed by atoms with Gasteiger partial charge in [-0.15, -0.1) is 0 Å². The lowest BCUT2D eigenvalue weighted by Crippen LogP contribution is -2.00. The molecule has 94 valence electrons. The predicted molar refractivity (Wildman–Crippen MR) is 77.3 cm³/mol. The molecule has 0 fully saturated rings. The molecule has 5 heteroatoms. The van der Waals surface area contributed by atoms with E-state index < -0.39 is 0 Å². The first-order valence-electron chi connectivity index (χ1n) is 5.78. The van der Waals surface area contributed by atoms with Crippen LogP contribution in [-0.2, 0) is 0 Å².